The van der Waals surface area contributed by atoms with Crippen LogP contribution in [-0.2, 0) is 4.79 Å². The van der Waals surface area contributed by atoms with Gasteiger partial charge < -0.3 is 9.80 Å². The second-order valence-corrected chi connectivity index (χ2v) is 5.14. The van der Waals surface area contributed by atoms with Crippen molar-refractivity contribution in [3.05, 3.63) is 60.7 Å². The van der Waals surface area contributed by atoms with E-state index in [4.69, 9.17) is 0 Å². The first-order valence-corrected chi connectivity index (χ1v) is 7.91. The fraction of sp³-hybridized carbons (Fsp3) is 0.316. The molecule has 1 amide bonds. The summed E-state index contributed by atoms with van der Waals surface area (Å²) < 4.78 is 0. The number of anilines is 2. The van der Waals surface area contributed by atoms with E-state index in [2.05, 4.69) is 24.0 Å². The highest BCUT2D eigenvalue weighted by atomic mass is 16.2. The molecule has 0 aromatic heterocycles. The van der Waals surface area contributed by atoms with Gasteiger partial charge in [-0.1, -0.05) is 36.4 Å². The molecule has 0 heterocycles. The summed E-state index contributed by atoms with van der Waals surface area (Å²) in [5, 5.41) is 0. The standard InChI is InChI=1S/C19H24N2O/c1-3-20(17-11-7-5-8-12-17)16-15-19(22)21(4-2)18-13-9-6-10-14-18/h5-14H,3-4,15-16H2,1-2H3. The molecule has 0 aliphatic carbocycles. The summed E-state index contributed by atoms with van der Waals surface area (Å²) in [4.78, 5) is 16.6. The van der Waals surface area contributed by atoms with Gasteiger partial charge in [0.2, 0.25) is 5.91 Å². The number of nitrogens with zero attached hydrogens (tertiary/aromatic N) is 2. The minimum absolute atomic E-state index is 0.170. The maximum Gasteiger partial charge on any atom is 0.228 e. The minimum Gasteiger partial charge on any atom is -0.371 e. The first-order valence-electron chi connectivity index (χ1n) is 7.91. The lowest BCUT2D eigenvalue weighted by Gasteiger charge is -2.26. The molecule has 2 aromatic carbocycles. The highest BCUT2D eigenvalue weighted by Gasteiger charge is 2.15. The van der Waals surface area contributed by atoms with Crippen LogP contribution in [0.5, 0.6) is 0 Å². The SMILES string of the molecule is CCN(CCC(=O)N(CC)c1ccccc1)c1ccccc1. The first-order chi connectivity index (χ1) is 10.8. The second-order valence-electron chi connectivity index (χ2n) is 5.14. The molecule has 3 nitrogen and oxygen atoms in total. The maximum atomic E-state index is 12.5. The zero-order chi connectivity index (χ0) is 15.8. The number of carbonyl (C=O) groups is 1. The van der Waals surface area contributed by atoms with E-state index in [0.29, 0.717) is 13.0 Å². The molecule has 22 heavy (non-hydrogen) atoms. The highest BCUT2D eigenvalue weighted by molar-refractivity contribution is 5.93. The Labute approximate surface area is 133 Å². The monoisotopic (exact) mass is 296 g/mol. The fourth-order valence-electron chi connectivity index (χ4n) is 2.59. The Balaban J connectivity index is 1.99. The Bertz CT molecular complexity index is 569. The van der Waals surface area contributed by atoms with Crippen LogP contribution in [0.4, 0.5) is 11.4 Å². The van der Waals surface area contributed by atoms with Crippen LogP contribution >= 0.6 is 0 Å². The molecule has 0 spiro atoms. The van der Waals surface area contributed by atoms with Gasteiger partial charge in [-0.3, -0.25) is 4.79 Å². The number of para-hydroxylation sites is 2. The largest absolute Gasteiger partial charge is 0.371 e. The van der Waals surface area contributed by atoms with Crippen LogP contribution < -0.4 is 9.80 Å². The van der Waals surface area contributed by atoms with Crippen molar-refractivity contribution in [1.82, 2.24) is 0 Å². The van der Waals surface area contributed by atoms with Gasteiger partial charge in [0.05, 0.1) is 0 Å². The van der Waals surface area contributed by atoms with Gasteiger partial charge >= 0.3 is 0 Å². The van der Waals surface area contributed by atoms with Gasteiger partial charge in [-0.25, -0.2) is 0 Å². The Morgan fingerprint density at radius 1 is 0.818 bits per heavy atom. The van der Waals surface area contributed by atoms with Crippen LogP contribution in [0.15, 0.2) is 60.7 Å². The summed E-state index contributed by atoms with van der Waals surface area (Å²) in [6.45, 7) is 6.46. The van der Waals surface area contributed by atoms with E-state index < -0.39 is 0 Å². The van der Waals surface area contributed by atoms with Crippen LogP contribution in [0.1, 0.15) is 20.3 Å². The zero-order valence-electron chi connectivity index (χ0n) is 13.4. The lowest BCUT2D eigenvalue weighted by molar-refractivity contribution is -0.118. The Kier molecular flexibility index (Phi) is 6.01. The normalized spacial score (nSPS) is 10.3. The fourth-order valence-corrected chi connectivity index (χ4v) is 2.59. The zero-order valence-corrected chi connectivity index (χ0v) is 13.4. The third-order valence-corrected chi connectivity index (χ3v) is 3.78. The van der Waals surface area contributed by atoms with E-state index in [1.165, 1.54) is 5.69 Å². The lowest BCUT2D eigenvalue weighted by Crippen LogP contribution is -2.34. The van der Waals surface area contributed by atoms with Gasteiger partial charge in [0.15, 0.2) is 0 Å². The second kappa shape index (κ2) is 8.23. The molecule has 0 saturated heterocycles. The van der Waals surface area contributed by atoms with Gasteiger partial charge in [-0.05, 0) is 38.1 Å². The highest BCUT2D eigenvalue weighted by Crippen LogP contribution is 2.16. The third-order valence-electron chi connectivity index (χ3n) is 3.78. The summed E-state index contributed by atoms with van der Waals surface area (Å²) in [6.07, 6.45) is 0.519. The van der Waals surface area contributed by atoms with E-state index in [0.717, 1.165) is 18.8 Å². The molecule has 0 aliphatic heterocycles. The lowest BCUT2D eigenvalue weighted by atomic mass is 10.2. The van der Waals surface area contributed by atoms with E-state index in [1.807, 2.05) is 60.4 Å². The molecule has 3 heteroatoms. The summed E-state index contributed by atoms with van der Waals surface area (Å²) >= 11 is 0. The van der Waals surface area contributed by atoms with Gasteiger partial charge in [-0.2, -0.15) is 0 Å². The van der Waals surface area contributed by atoms with E-state index in [9.17, 15) is 4.79 Å². The molecule has 0 aliphatic rings. The smallest absolute Gasteiger partial charge is 0.228 e. The van der Waals surface area contributed by atoms with Crippen molar-refractivity contribution in [2.45, 2.75) is 20.3 Å². The van der Waals surface area contributed by atoms with Crippen molar-refractivity contribution < 1.29 is 4.79 Å². The molecule has 116 valence electrons. The number of rotatable bonds is 7. The summed E-state index contributed by atoms with van der Waals surface area (Å²) in [7, 11) is 0. The first kappa shape index (κ1) is 16.1. The number of benzene rings is 2. The molecule has 0 radical (unpaired) electrons. The number of hydrogen-bond donors (Lipinski definition) is 0. The summed E-state index contributed by atoms with van der Waals surface area (Å²) in [5.41, 5.74) is 2.14. The average Bonchev–Trinajstić information content (AvgIpc) is 2.58. The maximum absolute atomic E-state index is 12.5. The van der Waals surface area contributed by atoms with E-state index in [-0.39, 0.29) is 5.91 Å². The van der Waals surface area contributed by atoms with Crippen LogP contribution in [0.2, 0.25) is 0 Å². The van der Waals surface area contributed by atoms with Gasteiger partial charge in [0.25, 0.3) is 0 Å². The van der Waals surface area contributed by atoms with E-state index >= 15 is 0 Å². The number of amides is 1. The average molecular weight is 296 g/mol. The molecular formula is C19H24N2O. The molecule has 0 N–H and O–H groups in total. The van der Waals surface area contributed by atoms with Gasteiger partial charge in [0.1, 0.15) is 0 Å². The molecular weight excluding hydrogens is 272 g/mol. The van der Waals surface area contributed by atoms with Crippen molar-refractivity contribution in [2.75, 3.05) is 29.4 Å². The third kappa shape index (κ3) is 4.10. The topological polar surface area (TPSA) is 23.6 Å². The Morgan fingerprint density at radius 3 is 1.86 bits per heavy atom. The van der Waals surface area contributed by atoms with Crippen LogP contribution in [0.25, 0.3) is 0 Å². The molecule has 0 unspecified atom stereocenters. The molecule has 0 fully saturated rings. The molecule has 0 atom stereocenters. The predicted molar refractivity (Wildman–Crippen MR) is 93.4 cm³/mol. The van der Waals surface area contributed by atoms with Gasteiger partial charge in [0, 0.05) is 37.4 Å². The van der Waals surface area contributed by atoms with Crippen molar-refractivity contribution in [3.63, 3.8) is 0 Å². The Hall–Kier alpha value is -2.29. The van der Waals surface area contributed by atoms with Crippen molar-refractivity contribution in [2.24, 2.45) is 0 Å². The van der Waals surface area contributed by atoms with Crippen molar-refractivity contribution in [3.8, 4) is 0 Å². The van der Waals surface area contributed by atoms with Crippen LogP contribution in [0.3, 0.4) is 0 Å². The number of carbonyl (C=O) groups excluding carboxylic acids is 1. The number of hydrogen-bond acceptors (Lipinski definition) is 2. The minimum atomic E-state index is 0.170. The summed E-state index contributed by atoms with van der Waals surface area (Å²) in [6, 6.07) is 20.1. The predicted octanol–water partition coefficient (Wildman–Crippen LogP) is 3.96. The van der Waals surface area contributed by atoms with Crippen molar-refractivity contribution >= 4 is 17.3 Å². The molecule has 0 saturated carbocycles. The quantitative estimate of drug-likeness (QED) is 0.772. The Morgan fingerprint density at radius 2 is 1.36 bits per heavy atom. The molecule has 2 rings (SSSR count). The van der Waals surface area contributed by atoms with E-state index in [1.54, 1.807) is 0 Å². The van der Waals surface area contributed by atoms with Crippen molar-refractivity contribution in [1.29, 1.82) is 0 Å². The van der Waals surface area contributed by atoms with Gasteiger partial charge in [-0.15, -0.1) is 0 Å². The molecule has 2 aromatic rings. The van der Waals surface area contributed by atoms with Crippen LogP contribution in [-0.4, -0.2) is 25.5 Å². The molecule has 0 bridgehead atoms. The van der Waals surface area contributed by atoms with Crippen LogP contribution in [0, 0.1) is 0 Å². The summed E-state index contributed by atoms with van der Waals surface area (Å²) in [5.74, 6) is 0.170.